The number of benzene rings is 2. The fourth-order valence-corrected chi connectivity index (χ4v) is 2.60. The van der Waals surface area contributed by atoms with Crippen molar-refractivity contribution in [3.63, 3.8) is 0 Å². The quantitative estimate of drug-likeness (QED) is 0.560. The van der Waals surface area contributed by atoms with Crippen molar-refractivity contribution in [3.05, 3.63) is 70.7 Å². The van der Waals surface area contributed by atoms with E-state index < -0.39 is 5.60 Å². The fraction of sp³-hybridized carbons (Fsp3) is 0.294. The van der Waals surface area contributed by atoms with Crippen LogP contribution in [-0.2, 0) is 5.60 Å². The molecule has 21 heavy (non-hydrogen) atoms. The molecule has 0 aliphatic carbocycles. The zero-order chi connectivity index (χ0) is 14.8. The van der Waals surface area contributed by atoms with Gasteiger partial charge in [0, 0.05) is 5.02 Å². The van der Waals surface area contributed by atoms with Crippen LogP contribution in [-0.4, -0.2) is 37.3 Å². The first-order valence-corrected chi connectivity index (χ1v) is 7.03. The lowest BCUT2D eigenvalue weighted by Crippen LogP contribution is -3.00. The van der Waals surface area contributed by atoms with Crippen molar-refractivity contribution in [2.75, 3.05) is 27.7 Å². The third kappa shape index (κ3) is 4.68. The number of hydrogen-bond donors (Lipinski definition) is 1. The number of halogens is 2. The van der Waals surface area contributed by atoms with Crippen LogP contribution >= 0.6 is 11.6 Å². The molecule has 0 bridgehead atoms. The van der Waals surface area contributed by atoms with Gasteiger partial charge in [-0.15, -0.1) is 0 Å². The number of rotatable bonds is 4. The second-order valence-electron chi connectivity index (χ2n) is 6.18. The Kier molecular flexibility index (Phi) is 6.23. The Morgan fingerprint density at radius 2 is 1.38 bits per heavy atom. The molecule has 0 spiro atoms. The predicted molar refractivity (Wildman–Crippen MR) is 83.8 cm³/mol. The lowest BCUT2D eigenvalue weighted by Gasteiger charge is -2.36. The maximum atomic E-state index is 11.3. The zero-order valence-electron chi connectivity index (χ0n) is 12.6. The molecular weight excluding hydrogens is 397 g/mol. The molecule has 0 aliphatic heterocycles. The number of nitrogens with zero attached hydrogens (tertiary/aromatic N) is 1. The van der Waals surface area contributed by atoms with Gasteiger partial charge in [-0.1, -0.05) is 54.1 Å². The standard InChI is InChI=1S/C17H21ClNO.HI/c1-19(2,3)13-17(20,14-7-5-4-6-8-14)15-9-11-16(18)12-10-15;/h4-12,20H,13H2,1-3H3;1H/q+1;/p-1. The summed E-state index contributed by atoms with van der Waals surface area (Å²) in [6.07, 6.45) is 0. The van der Waals surface area contributed by atoms with E-state index in [0.29, 0.717) is 16.1 Å². The highest BCUT2D eigenvalue weighted by atomic mass is 127. The van der Waals surface area contributed by atoms with Gasteiger partial charge in [-0.05, 0) is 23.3 Å². The Labute approximate surface area is 149 Å². The molecule has 4 heteroatoms. The summed E-state index contributed by atoms with van der Waals surface area (Å²) in [7, 11) is 6.22. The van der Waals surface area contributed by atoms with Gasteiger partial charge in [-0.3, -0.25) is 0 Å². The molecular formula is C17H21ClINO. The van der Waals surface area contributed by atoms with Crippen molar-refractivity contribution in [1.82, 2.24) is 0 Å². The van der Waals surface area contributed by atoms with Crippen molar-refractivity contribution < 1.29 is 33.6 Å². The van der Waals surface area contributed by atoms with E-state index in [4.69, 9.17) is 11.6 Å². The summed E-state index contributed by atoms with van der Waals surface area (Å²) < 4.78 is 0.661. The number of quaternary nitrogens is 1. The molecule has 1 unspecified atom stereocenters. The van der Waals surface area contributed by atoms with Gasteiger partial charge in [0.2, 0.25) is 0 Å². The van der Waals surface area contributed by atoms with Gasteiger partial charge >= 0.3 is 0 Å². The Bertz CT molecular complexity index is 566. The Morgan fingerprint density at radius 1 is 0.905 bits per heavy atom. The van der Waals surface area contributed by atoms with Crippen LogP contribution in [0.3, 0.4) is 0 Å². The molecule has 2 rings (SSSR count). The minimum absolute atomic E-state index is 0. The Hall–Kier alpha value is -0.620. The first-order chi connectivity index (χ1) is 9.31. The Morgan fingerprint density at radius 3 is 1.86 bits per heavy atom. The van der Waals surface area contributed by atoms with Crippen molar-refractivity contribution in [3.8, 4) is 0 Å². The molecule has 0 saturated carbocycles. The summed E-state index contributed by atoms with van der Waals surface area (Å²) >= 11 is 5.96. The van der Waals surface area contributed by atoms with Crippen molar-refractivity contribution >= 4 is 11.6 Å². The van der Waals surface area contributed by atoms with Crippen LogP contribution in [0.15, 0.2) is 54.6 Å². The highest BCUT2D eigenvalue weighted by Crippen LogP contribution is 2.32. The van der Waals surface area contributed by atoms with Crippen molar-refractivity contribution in [2.45, 2.75) is 5.60 Å². The minimum Gasteiger partial charge on any atom is -1.00 e. The van der Waals surface area contributed by atoms with Crippen LogP contribution in [0.4, 0.5) is 0 Å². The van der Waals surface area contributed by atoms with Gasteiger partial charge in [0.25, 0.3) is 0 Å². The molecule has 2 nitrogen and oxygen atoms in total. The van der Waals surface area contributed by atoms with E-state index in [0.717, 1.165) is 11.1 Å². The summed E-state index contributed by atoms with van der Waals surface area (Å²) in [4.78, 5) is 0. The summed E-state index contributed by atoms with van der Waals surface area (Å²) in [5.41, 5.74) is 0.737. The van der Waals surface area contributed by atoms with E-state index in [1.54, 1.807) is 0 Å². The van der Waals surface area contributed by atoms with Crippen molar-refractivity contribution in [2.24, 2.45) is 0 Å². The molecule has 0 aromatic heterocycles. The normalized spacial score (nSPS) is 14.1. The summed E-state index contributed by atoms with van der Waals surface area (Å²) in [5.74, 6) is 0. The highest BCUT2D eigenvalue weighted by Gasteiger charge is 2.37. The molecule has 1 N–H and O–H groups in total. The zero-order valence-corrected chi connectivity index (χ0v) is 15.5. The summed E-state index contributed by atoms with van der Waals surface area (Å²) in [5, 5.41) is 12.0. The molecule has 0 heterocycles. The highest BCUT2D eigenvalue weighted by molar-refractivity contribution is 6.30. The molecule has 0 amide bonds. The number of aliphatic hydroxyl groups is 1. The maximum Gasteiger partial charge on any atom is 0.163 e. The largest absolute Gasteiger partial charge is 1.00 e. The number of likely N-dealkylation sites (N-methyl/N-ethyl adjacent to an activating group) is 1. The second kappa shape index (κ2) is 7.09. The predicted octanol–water partition coefficient (Wildman–Crippen LogP) is 0.286. The molecule has 2 aromatic rings. The molecule has 114 valence electrons. The third-order valence-corrected chi connectivity index (χ3v) is 3.53. The lowest BCUT2D eigenvalue weighted by molar-refractivity contribution is -0.877. The maximum absolute atomic E-state index is 11.3. The average molecular weight is 418 g/mol. The van der Waals surface area contributed by atoms with Crippen LogP contribution in [0.1, 0.15) is 11.1 Å². The average Bonchev–Trinajstić information content (AvgIpc) is 2.38. The van der Waals surface area contributed by atoms with Crippen LogP contribution in [0.2, 0.25) is 5.02 Å². The van der Waals surface area contributed by atoms with E-state index >= 15 is 0 Å². The first kappa shape index (κ1) is 18.4. The second-order valence-corrected chi connectivity index (χ2v) is 6.62. The molecule has 0 aliphatic rings. The molecule has 1 atom stereocenters. The minimum atomic E-state index is -1.02. The van der Waals surface area contributed by atoms with E-state index in [-0.39, 0.29) is 24.0 Å². The van der Waals surface area contributed by atoms with Crippen LogP contribution in [0.5, 0.6) is 0 Å². The monoisotopic (exact) mass is 417 g/mol. The first-order valence-electron chi connectivity index (χ1n) is 6.66. The van der Waals surface area contributed by atoms with E-state index in [9.17, 15) is 5.11 Å². The van der Waals surface area contributed by atoms with E-state index in [1.165, 1.54) is 0 Å². The Balaban J connectivity index is 0.00000220. The van der Waals surface area contributed by atoms with Crippen LogP contribution in [0, 0.1) is 0 Å². The summed E-state index contributed by atoms with van der Waals surface area (Å²) in [6.45, 7) is 0.582. The molecule has 0 radical (unpaired) electrons. The fourth-order valence-electron chi connectivity index (χ4n) is 2.48. The topological polar surface area (TPSA) is 20.2 Å². The van der Waals surface area contributed by atoms with Gasteiger partial charge in [0.1, 0.15) is 6.54 Å². The van der Waals surface area contributed by atoms with E-state index in [2.05, 4.69) is 21.1 Å². The molecule has 0 fully saturated rings. The van der Waals surface area contributed by atoms with Gasteiger partial charge < -0.3 is 33.6 Å². The third-order valence-electron chi connectivity index (χ3n) is 3.28. The summed E-state index contributed by atoms with van der Waals surface area (Å²) in [6, 6.07) is 17.2. The van der Waals surface area contributed by atoms with Gasteiger partial charge in [0.15, 0.2) is 5.60 Å². The van der Waals surface area contributed by atoms with Gasteiger partial charge in [-0.2, -0.15) is 0 Å². The van der Waals surface area contributed by atoms with Crippen LogP contribution in [0.25, 0.3) is 0 Å². The van der Waals surface area contributed by atoms with Crippen LogP contribution < -0.4 is 24.0 Å². The number of hydrogen-bond acceptors (Lipinski definition) is 1. The van der Waals surface area contributed by atoms with Gasteiger partial charge in [0.05, 0.1) is 21.1 Å². The lowest BCUT2D eigenvalue weighted by atomic mass is 9.85. The SMILES string of the molecule is C[N+](C)(C)CC(O)(c1ccccc1)c1ccc(Cl)cc1.[I-]. The van der Waals surface area contributed by atoms with E-state index in [1.807, 2.05) is 54.6 Å². The molecule has 0 saturated heterocycles. The van der Waals surface area contributed by atoms with Crippen molar-refractivity contribution in [1.29, 1.82) is 0 Å². The smallest absolute Gasteiger partial charge is 0.163 e. The van der Waals surface area contributed by atoms with Gasteiger partial charge in [-0.25, -0.2) is 0 Å². The molecule has 2 aromatic carbocycles.